The summed E-state index contributed by atoms with van der Waals surface area (Å²) < 4.78 is 0. The Balaban J connectivity index is 1.52. The van der Waals surface area contributed by atoms with E-state index in [2.05, 4.69) is 20.6 Å². The highest BCUT2D eigenvalue weighted by atomic mass is 35.5. The zero-order valence-electron chi connectivity index (χ0n) is 15.5. The molecule has 0 aliphatic carbocycles. The molecule has 4 rings (SSSR count). The minimum atomic E-state index is -1.43. The zero-order chi connectivity index (χ0) is 21.6. The molecule has 1 saturated heterocycles. The van der Waals surface area contributed by atoms with E-state index in [1.165, 1.54) is 13.0 Å². The molecule has 154 valence electrons. The number of nitrogens with zero attached hydrogens (tertiary/aromatic N) is 1. The first kappa shape index (κ1) is 20.0. The number of anilines is 1. The molecule has 0 bridgehead atoms. The molecular formula is C19H15Cl2N5O4. The van der Waals surface area contributed by atoms with Crippen LogP contribution < -0.4 is 16.3 Å². The van der Waals surface area contributed by atoms with Gasteiger partial charge < -0.3 is 20.6 Å². The van der Waals surface area contributed by atoms with Crippen LogP contribution in [0.2, 0.25) is 10.0 Å². The zero-order valence-corrected chi connectivity index (χ0v) is 17.0. The van der Waals surface area contributed by atoms with Crippen LogP contribution >= 0.6 is 23.2 Å². The fourth-order valence-corrected chi connectivity index (χ4v) is 3.97. The molecule has 1 aliphatic heterocycles. The smallest absolute Gasteiger partial charge is 0.324 e. The molecule has 2 aromatic carbocycles. The van der Waals surface area contributed by atoms with E-state index in [9.17, 15) is 19.2 Å². The largest absolute Gasteiger partial charge is 0.325 e. The highest BCUT2D eigenvalue weighted by Gasteiger charge is 2.50. The van der Waals surface area contributed by atoms with Gasteiger partial charge in [-0.3, -0.25) is 14.5 Å². The molecule has 3 aromatic rings. The minimum Gasteiger partial charge on any atom is -0.324 e. The molecule has 1 aromatic heterocycles. The quantitative estimate of drug-likeness (QED) is 0.458. The number of urea groups is 1. The van der Waals surface area contributed by atoms with Crippen molar-refractivity contribution in [3.05, 3.63) is 62.5 Å². The molecule has 0 spiro atoms. The second-order valence-corrected chi connectivity index (χ2v) is 7.80. The van der Waals surface area contributed by atoms with Gasteiger partial charge in [-0.25, -0.2) is 9.59 Å². The lowest BCUT2D eigenvalue weighted by molar-refractivity contribution is -0.133. The maximum absolute atomic E-state index is 13.0. The summed E-state index contributed by atoms with van der Waals surface area (Å²) >= 11 is 12.1. The summed E-state index contributed by atoms with van der Waals surface area (Å²) in [5.74, 6) is -1.19. The Morgan fingerprint density at radius 2 is 1.80 bits per heavy atom. The van der Waals surface area contributed by atoms with Crippen LogP contribution in [-0.4, -0.2) is 39.3 Å². The van der Waals surface area contributed by atoms with E-state index in [0.717, 1.165) is 4.90 Å². The monoisotopic (exact) mass is 447 g/mol. The number of H-pyrrole nitrogens is 2. The number of benzene rings is 2. The standard InChI is InChI=1S/C19H15Cl2N5O4/c1-19(11-4-2-9(20)6-12(11)21)16(28)26(18(30)25-19)8-15(27)22-10-3-5-13-14(7-10)24-17(29)23-13/h2-7H,8H2,1H3,(H,22,27)(H,25,30)(H2,23,24,29)/t19-/m0/s1. The van der Waals surface area contributed by atoms with Crippen molar-refractivity contribution >= 4 is 57.8 Å². The van der Waals surface area contributed by atoms with Gasteiger partial charge in [0, 0.05) is 21.3 Å². The summed E-state index contributed by atoms with van der Waals surface area (Å²) in [7, 11) is 0. The molecule has 1 aliphatic rings. The van der Waals surface area contributed by atoms with Crippen molar-refractivity contribution in [2.75, 3.05) is 11.9 Å². The Kier molecular flexibility index (Phi) is 4.79. The van der Waals surface area contributed by atoms with Gasteiger partial charge >= 0.3 is 11.7 Å². The predicted molar refractivity (Wildman–Crippen MR) is 112 cm³/mol. The summed E-state index contributed by atoms with van der Waals surface area (Å²) in [5, 5.41) is 5.80. The summed E-state index contributed by atoms with van der Waals surface area (Å²) in [4.78, 5) is 55.2. The van der Waals surface area contributed by atoms with E-state index >= 15 is 0 Å². The third-order valence-electron chi connectivity index (χ3n) is 4.85. The number of fused-ring (bicyclic) bond motifs is 1. The number of imide groups is 1. The molecule has 1 fully saturated rings. The van der Waals surface area contributed by atoms with Gasteiger partial charge in [0.05, 0.1) is 11.0 Å². The summed E-state index contributed by atoms with van der Waals surface area (Å²) in [5.41, 5.74) is 0.0751. The fourth-order valence-electron chi connectivity index (χ4n) is 3.37. The number of hydrogen-bond acceptors (Lipinski definition) is 4. The first-order chi connectivity index (χ1) is 14.2. The molecule has 11 heteroatoms. The van der Waals surface area contributed by atoms with Gasteiger partial charge in [-0.15, -0.1) is 0 Å². The lowest BCUT2D eigenvalue weighted by Crippen LogP contribution is -2.42. The van der Waals surface area contributed by atoms with Crippen molar-refractivity contribution in [2.24, 2.45) is 0 Å². The summed E-state index contributed by atoms with van der Waals surface area (Å²) in [6, 6.07) is 8.65. The number of rotatable bonds is 4. The van der Waals surface area contributed by atoms with Crippen molar-refractivity contribution in [1.82, 2.24) is 20.2 Å². The lowest BCUT2D eigenvalue weighted by atomic mass is 9.92. The maximum Gasteiger partial charge on any atom is 0.325 e. The van der Waals surface area contributed by atoms with E-state index in [1.54, 1.807) is 30.3 Å². The number of imidazole rings is 1. The molecule has 0 saturated carbocycles. The molecule has 0 radical (unpaired) electrons. The van der Waals surface area contributed by atoms with Crippen molar-refractivity contribution in [3.8, 4) is 0 Å². The number of hydrogen-bond donors (Lipinski definition) is 4. The first-order valence-corrected chi connectivity index (χ1v) is 9.54. The Hall–Kier alpha value is -3.30. The van der Waals surface area contributed by atoms with Gasteiger partial charge in [0.1, 0.15) is 12.1 Å². The predicted octanol–water partition coefficient (Wildman–Crippen LogP) is 2.57. The van der Waals surface area contributed by atoms with E-state index in [1.807, 2.05) is 0 Å². The number of carbonyl (C=O) groups excluding carboxylic acids is 3. The van der Waals surface area contributed by atoms with Crippen molar-refractivity contribution < 1.29 is 14.4 Å². The molecule has 0 unspecified atom stereocenters. The number of aromatic nitrogens is 2. The molecular weight excluding hydrogens is 433 g/mol. The van der Waals surface area contributed by atoms with Crippen molar-refractivity contribution in [1.29, 1.82) is 0 Å². The van der Waals surface area contributed by atoms with Crippen LogP contribution in [0.25, 0.3) is 11.0 Å². The second kappa shape index (κ2) is 7.19. The number of halogens is 2. The van der Waals surface area contributed by atoms with Crippen LogP contribution in [-0.2, 0) is 15.1 Å². The van der Waals surface area contributed by atoms with E-state index < -0.39 is 29.9 Å². The highest BCUT2D eigenvalue weighted by Crippen LogP contribution is 2.34. The molecule has 9 nitrogen and oxygen atoms in total. The number of aromatic amines is 2. The lowest BCUT2D eigenvalue weighted by Gasteiger charge is -2.23. The third kappa shape index (κ3) is 3.42. The number of nitrogens with one attached hydrogen (secondary N) is 4. The first-order valence-electron chi connectivity index (χ1n) is 8.79. The molecule has 1 atom stereocenters. The normalized spacial score (nSPS) is 18.7. The SMILES string of the molecule is C[C@@]1(c2ccc(Cl)cc2Cl)NC(=O)N(CC(=O)Nc2ccc3[nH]c(=O)[nH]c3c2)C1=O. The summed E-state index contributed by atoms with van der Waals surface area (Å²) in [6.07, 6.45) is 0. The van der Waals surface area contributed by atoms with Crippen LogP contribution in [0.15, 0.2) is 41.2 Å². The number of carbonyl (C=O) groups is 3. The topological polar surface area (TPSA) is 127 Å². The Morgan fingerprint density at radius 1 is 1.07 bits per heavy atom. The van der Waals surface area contributed by atoms with Crippen LogP contribution in [0.3, 0.4) is 0 Å². The minimum absolute atomic E-state index is 0.221. The molecule has 4 N–H and O–H groups in total. The van der Waals surface area contributed by atoms with Crippen molar-refractivity contribution in [2.45, 2.75) is 12.5 Å². The van der Waals surface area contributed by atoms with Crippen LogP contribution in [0.4, 0.5) is 10.5 Å². The average Bonchev–Trinajstić information content (AvgIpc) is 3.13. The third-order valence-corrected chi connectivity index (χ3v) is 5.39. The van der Waals surface area contributed by atoms with E-state index in [4.69, 9.17) is 23.2 Å². The van der Waals surface area contributed by atoms with Gasteiger partial charge in [-0.2, -0.15) is 0 Å². The van der Waals surface area contributed by atoms with Gasteiger partial charge in [0.2, 0.25) is 5.91 Å². The van der Waals surface area contributed by atoms with Crippen LogP contribution in [0.1, 0.15) is 12.5 Å². The van der Waals surface area contributed by atoms with Crippen LogP contribution in [0, 0.1) is 0 Å². The second-order valence-electron chi connectivity index (χ2n) is 6.96. The van der Waals surface area contributed by atoms with Gasteiger partial charge in [0.15, 0.2) is 0 Å². The maximum atomic E-state index is 13.0. The van der Waals surface area contributed by atoms with E-state index in [0.29, 0.717) is 27.3 Å². The Morgan fingerprint density at radius 3 is 2.53 bits per heavy atom. The molecule has 2 heterocycles. The number of amides is 4. The Labute approximate surface area is 179 Å². The van der Waals surface area contributed by atoms with Crippen molar-refractivity contribution in [3.63, 3.8) is 0 Å². The Bertz CT molecular complexity index is 1270. The van der Waals surface area contributed by atoms with Gasteiger partial charge in [-0.1, -0.05) is 29.3 Å². The highest BCUT2D eigenvalue weighted by molar-refractivity contribution is 6.35. The molecule has 4 amide bonds. The van der Waals surface area contributed by atoms with Gasteiger partial charge in [0.25, 0.3) is 5.91 Å². The summed E-state index contributed by atoms with van der Waals surface area (Å²) in [6.45, 7) is 1.02. The van der Waals surface area contributed by atoms with Gasteiger partial charge in [-0.05, 0) is 37.3 Å². The van der Waals surface area contributed by atoms with Crippen LogP contribution in [0.5, 0.6) is 0 Å². The van der Waals surface area contributed by atoms with E-state index in [-0.39, 0.29) is 10.7 Å². The fraction of sp³-hybridized carbons (Fsp3) is 0.158. The molecule has 30 heavy (non-hydrogen) atoms. The average molecular weight is 448 g/mol.